The molecule has 0 spiro atoms. The third-order valence-corrected chi connectivity index (χ3v) is 14.7. The molecule has 12 rings (SSSR count). The Morgan fingerprint density at radius 3 is 1.23 bits per heavy atom. The van der Waals surface area contributed by atoms with Crippen molar-refractivity contribution in [3.8, 4) is 33.8 Å². The molecule has 5 heteroatoms. The molecule has 3 aliphatic rings. The molecular formula is C57H45N3O2. The number of methoxy groups -OCH3 is 1. The van der Waals surface area contributed by atoms with Crippen LogP contribution in [0, 0.1) is 0 Å². The number of esters is 1. The van der Waals surface area contributed by atoms with Gasteiger partial charge < -0.3 is 4.74 Å². The van der Waals surface area contributed by atoms with Crippen LogP contribution >= 0.6 is 0 Å². The molecule has 3 unspecified atom stereocenters. The van der Waals surface area contributed by atoms with E-state index in [1.165, 1.54) is 51.6 Å². The Hall–Kier alpha value is -6.98. The largest absolute Gasteiger partial charge is 0.469 e. The van der Waals surface area contributed by atoms with Crippen LogP contribution in [-0.4, -0.2) is 28.0 Å². The van der Waals surface area contributed by atoms with Gasteiger partial charge in [0, 0.05) is 55.5 Å². The number of carbonyl (C=O) groups excluding carboxylic acids is 1. The van der Waals surface area contributed by atoms with E-state index in [0.717, 1.165) is 74.6 Å². The first kappa shape index (κ1) is 36.8. The second kappa shape index (κ2) is 13.8. The van der Waals surface area contributed by atoms with Gasteiger partial charge in [-0.1, -0.05) is 141 Å². The predicted molar refractivity (Wildman–Crippen MR) is 249 cm³/mol. The summed E-state index contributed by atoms with van der Waals surface area (Å²) in [5, 5.41) is 3.37. The van der Waals surface area contributed by atoms with Crippen LogP contribution in [0.2, 0.25) is 0 Å². The molecule has 6 aromatic carbocycles. The molecule has 0 fully saturated rings. The van der Waals surface area contributed by atoms with Crippen LogP contribution in [0.3, 0.4) is 0 Å². The van der Waals surface area contributed by atoms with E-state index in [4.69, 9.17) is 19.7 Å². The van der Waals surface area contributed by atoms with Crippen molar-refractivity contribution in [3.63, 3.8) is 0 Å². The zero-order valence-corrected chi connectivity index (χ0v) is 35.0. The molecule has 62 heavy (non-hydrogen) atoms. The van der Waals surface area contributed by atoms with Crippen molar-refractivity contribution in [3.05, 3.63) is 197 Å². The van der Waals surface area contributed by atoms with E-state index in [9.17, 15) is 4.79 Å². The summed E-state index contributed by atoms with van der Waals surface area (Å²) >= 11 is 0. The van der Waals surface area contributed by atoms with E-state index in [1.54, 1.807) is 0 Å². The van der Waals surface area contributed by atoms with Gasteiger partial charge in [0.2, 0.25) is 0 Å². The van der Waals surface area contributed by atoms with Crippen molar-refractivity contribution in [2.75, 3.05) is 7.11 Å². The molecule has 5 nitrogen and oxygen atoms in total. The van der Waals surface area contributed by atoms with Gasteiger partial charge in [-0.25, -0.2) is 15.0 Å². The average molecular weight is 804 g/mol. The van der Waals surface area contributed by atoms with E-state index in [-0.39, 0.29) is 12.4 Å². The highest BCUT2D eigenvalue weighted by Gasteiger charge is 2.58. The molecule has 0 aliphatic heterocycles. The Morgan fingerprint density at radius 1 is 0.452 bits per heavy atom. The quantitative estimate of drug-likeness (QED) is 0.136. The summed E-state index contributed by atoms with van der Waals surface area (Å²) in [4.78, 5) is 30.1. The van der Waals surface area contributed by atoms with Gasteiger partial charge >= 0.3 is 5.97 Å². The second-order valence-corrected chi connectivity index (χ2v) is 17.8. The fraction of sp³-hybridized carbons (Fsp3) is 0.193. The third kappa shape index (κ3) is 5.14. The molecule has 300 valence electrons. The van der Waals surface area contributed by atoms with Gasteiger partial charge in [0.05, 0.1) is 40.7 Å². The van der Waals surface area contributed by atoms with Crippen LogP contribution in [-0.2, 0) is 25.8 Å². The predicted octanol–water partition coefficient (Wildman–Crippen LogP) is 13.1. The molecule has 9 aromatic rings. The highest BCUT2D eigenvalue weighted by atomic mass is 16.5. The first-order valence-electron chi connectivity index (χ1n) is 22.0. The zero-order chi connectivity index (χ0) is 41.6. The smallest absolute Gasteiger partial charge is 0.305 e. The fourth-order valence-electron chi connectivity index (χ4n) is 12.2. The zero-order valence-electron chi connectivity index (χ0n) is 35.0. The maximum atomic E-state index is 13.5. The molecule has 0 N–H and O–H groups in total. The molecule has 0 amide bonds. The highest BCUT2D eigenvalue weighted by Crippen LogP contribution is 2.66. The Kier molecular flexibility index (Phi) is 8.18. The average Bonchev–Trinajstić information content (AvgIpc) is 3.84. The van der Waals surface area contributed by atoms with E-state index >= 15 is 0 Å². The molecule has 0 saturated carbocycles. The Balaban J connectivity index is 1.21. The highest BCUT2D eigenvalue weighted by molar-refractivity contribution is 5.93. The summed E-state index contributed by atoms with van der Waals surface area (Å²) in [6.07, 6.45) is 4.21. The Morgan fingerprint density at radius 2 is 0.806 bits per heavy atom. The number of ether oxygens (including phenoxy) is 1. The van der Waals surface area contributed by atoms with Crippen molar-refractivity contribution >= 4 is 38.7 Å². The SMILES string of the molecule is CCCC1(CC2(CC3(CCC(=O)OC)c4ccccc4-c4nc5ccccc5cc43)c3ccccc3-c3nc4ccccc4cc32)c2ccccc2-c2nc3ccccc3cc21. The van der Waals surface area contributed by atoms with Crippen LogP contribution in [0.4, 0.5) is 0 Å². The number of hydrogen-bond acceptors (Lipinski definition) is 5. The van der Waals surface area contributed by atoms with Gasteiger partial charge in [0.15, 0.2) is 0 Å². The van der Waals surface area contributed by atoms with Crippen molar-refractivity contribution in [1.82, 2.24) is 15.0 Å². The summed E-state index contributed by atoms with van der Waals surface area (Å²) < 4.78 is 5.45. The minimum absolute atomic E-state index is 0.211. The second-order valence-electron chi connectivity index (χ2n) is 17.8. The van der Waals surface area contributed by atoms with Gasteiger partial charge in [0.1, 0.15) is 0 Å². The monoisotopic (exact) mass is 803 g/mol. The first-order valence-corrected chi connectivity index (χ1v) is 22.0. The van der Waals surface area contributed by atoms with Crippen molar-refractivity contribution < 1.29 is 9.53 Å². The number of hydrogen-bond donors (Lipinski definition) is 0. The molecule has 3 heterocycles. The molecule has 0 saturated heterocycles. The van der Waals surface area contributed by atoms with Gasteiger partial charge in [0.25, 0.3) is 0 Å². The number of nitrogens with zero attached hydrogens (tertiary/aromatic N) is 3. The lowest BCUT2D eigenvalue weighted by Crippen LogP contribution is -2.43. The van der Waals surface area contributed by atoms with E-state index < -0.39 is 16.2 Å². The number of carbonyl (C=O) groups is 1. The normalized spacial score (nSPS) is 20.1. The van der Waals surface area contributed by atoms with E-state index in [1.807, 2.05) is 0 Å². The van der Waals surface area contributed by atoms with Crippen LogP contribution in [0.25, 0.3) is 66.5 Å². The minimum atomic E-state index is -0.631. The number of fused-ring (bicyclic) bond motifs is 12. The van der Waals surface area contributed by atoms with E-state index in [0.29, 0.717) is 12.8 Å². The molecule has 3 atom stereocenters. The number of para-hydroxylation sites is 3. The molecule has 3 aliphatic carbocycles. The molecule has 0 radical (unpaired) electrons. The summed E-state index contributed by atoms with van der Waals surface area (Å²) in [5.74, 6) is -0.211. The van der Waals surface area contributed by atoms with Crippen LogP contribution in [0.1, 0.15) is 78.8 Å². The molecule has 3 aromatic heterocycles. The summed E-state index contributed by atoms with van der Waals surface area (Å²) in [5.41, 5.74) is 15.5. The minimum Gasteiger partial charge on any atom is -0.469 e. The van der Waals surface area contributed by atoms with Crippen LogP contribution < -0.4 is 0 Å². The summed E-state index contributed by atoms with van der Waals surface area (Å²) in [7, 11) is 1.50. The van der Waals surface area contributed by atoms with Crippen molar-refractivity contribution in [2.24, 2.45) is 0 Å². The number of aromatic nitrogens is 3. The van der Waals surface area contributed by atoms with Crippen molar-refractivity contribution in [1.29, 1.82) is 0 Å². The maximum absolute atomic E-state index is 13.5. The lowest BCUT2D eigenvalue weighted by molar-refractivity contribution is -0.141. The third-order valence-electron chi connectivity index (χ3n) is 14.7. The van der Waals surface area contributed by atoms with Crippen LogP contribution in [0.5, 0.6) is 0 Å². The van der Waals surface area contributed by atoms with Gasteiger partial charge in [-0.3, -0.25) is 4.79 Å². The number of benzene rings is 6. The Bertz CT molecular complexity index is 3320. The summed E-state index contributed by atoms with van der Waals surface area (Å²) in [6.45, 7) is 2.33. The van der Waals surface area contributed by atoms with Crippen molar-refractivity contribution in [2.45, 2.75) is 61.7 Å². The Labute approximate surface area is 361 Å². The summed E-state index contributed by atoms with van der Waals surface area (Å²) in [6, 6.07) is 59.7. The topological polar surface area (TPSA) is 65.0 Å². The van der Waals surface area contributed by atoms with E-state index in [2.05, 4.69) is 171 Å². The maximum Gasteiger partial charge on any atom is 0.305 e. The lowest BCUT2D eigenvalue weighted by Gasteiger charge is -2.47. The van der Waals surface area contributed by atoms with Gasteiger partial charge in [-0.15, -0.1) is 0 Å². The number of rotatable bonds is 9. The van der Waals surface area contributed by atoms with Crippen LogP contribution in [0.15, 0.2) is 164 Å². The number of pyridine rings is 3. The standard InChI is InChI=1S/C57H45N3O2/c1-3-29-55(42-22-10-7-19-39(42)52-45(55)31-36-16-4-13-25-48(36)58-52)34-57(44-24-12-9-21-41(44)54-47(57)33-38-18-6-15-27-50(38)60-54)35-56(30-28-51(61)62-2)43-23-11-8-20-40(43)53-46(56)32-37-17-5-14-26-49(37)59-53/h4-27,31-33H,3,28-30,34-35H2,1-2H3. The fourth-order valence-corrected chi connectivity index (χ4v) is 12.2. The molecule has 0 bridgehead atoms. The lowest BCUT2D eigenvalue weighted by atomic mass is 9.55. The van der Waals surface area contributed by atoms with Gasteiger partial charge in [-0.05, 0) is 95.5 Å². The van der Waals surface area contributed by atoms with Gasteiger partial charge in [-0.2, -0.15) is 0 Å². The first-order chi connectivity index (χ1) is 30.5. The molecular weight excluding hydrogens is 759 g/mol.